The Kier molecular flexibility index (Phi) is 3.95. The van der Waals surface area contributed by atoms with Crippen LogP contribution < -0.4 is 5.73 Å². The first-order chi connectivity index (χ1) is 8.75. The number of nitrogens with two attached hydrogens (primary N) is 1. The molecule has 2 bridgehead atoms. The lowest BCUT2D eigenvalue weighted by atomic mass is 9.77. The molecule has 0 aromatic rings. The van der Waals surface area contributed by atoms with Gasteiger partial charge in [-0.15, -0.1) is 0 Å². The number of fused-ring (bicyclic) bond motifs is 2. The highest BCUT2D eigenvalue weighted by Crippen LogP contribution is 2.41. The van der Waals surface area contributed by atoms with Gasteiger partial charge in [0.15, 0.2) is 0 Å². The number of hydrogen-bond donors (Lipinski definition) is 1. The van der Waals surface area contributed by atoms with Gasteiger partial charge in [0.25, 0.3) is 0 Å². The maximum atomic E-state index is 6.67. The van der Waals surface area contributed by atoms with Gasteiger partial charge >= 0.3 is 0 Å². The molecule has 2 heteroatoms. The molecule has 3 atom stereocenters. The molecular weight excluding hydrogens is 220 g/mol. The standard InChI is InChI=1S/C16H30N2/c1-18-14-8-9-15(18)11-13(10-14)16(17)12-6-4-2-3-5-7-12/h12-16H,2-11,17H2,1H3. The van der Waals surface area contributed by atoms with Crippen LogP contribution in [0.4, 0.5) is 0 Å². The van der Waals surface area contributed by atoms with Gasteiger partial charge in [-0.1, -0.05) is 25.7 Å². The van der Waals surface area contributed by atoms with Crippen LogP contribution in [-0.2, 0) is 0 Å². The Morgan fingerprint density at radius 3 is 1.94 bits per heavy atom. The maximum Gasteiger partial charge on any atom is 0.00989 e. The zero-order valence-corrected chi connectivity index (χ0v) is 12.0. The fourth-order valence-electron chi connectivity index (χ4n) is 4.85. The second kappa shape index (κ2) is 5.50. The summed E-state index contributed by atoms with van der Waals surface area (Å²) in [6.45, 7) is 0. The van der Waals surface area contributed by atoms with Crippen molar-refractivity contribution in [2.75, 3.05) is 7.05 Å². The summed E-state index contributed by atoms with van der Waals surface area (Å²) in [5.41, 5.74) is 6.67. The van der Waals surface area contributed by atoms with Gasteiger partial charge in [0, 0.05) is 18.1 Å². The molecule has 2 heterocycles. The maximum absolute atomic E-state index is 6.67. The van der Waals surface area contributed by atoms with Gasteiger partial charge in [-0.05, 0) is 57.4 Å². The molecule has 3 fully saturated rings. The molecule has 1 saturated carbocycles. The van der Waals surface area contributed by atoms with Gasteiger partial charge in [0.2, 0.25) is 0 Å². The summed E-state index contributed by atoms with van der Waals surface area (Å²) in [7, 11) is 2.33. The molecule has 0 aromatic carbocycles. The van der Waals surface area contributed by atoms with E-state index in [1.807, 2.05) is 0 Å². The van der Waals surface area contributed by atoms with Crippen molar-refractivity contribution < 1.29 is 0 Å². The van der Waals surface area contributed by atoms with E-state index in [0.29, 0.717) is 6.04 Å². The molecule has 104 valence electrons. The molecule has 3 unspecified atom stereocenters. The van der Waals surface area contributed by atoms with Gasteiger partial charge < -0.3 is 10.6 Å². The predicted molar refractivity (Wildman–Crippen MR) is 76.5 cm³/mol. The average Bonchev–Trinajstić information content (AvgIpc) is 2.67. The highest BCUT2D eigenvalue weighted by Gasteiger charge is 2.41. The molecule has 1 aliphatic carbocycles. The normalized spacial score (nSPS) is 40.7. The molecule has 2 aliphatic heterocycles. The van der Waals surface area contributed by atoms with Crippen LogP contribution in [0.2, 0.25) is 0 Å². The first kappa shape index (κ1) is 12.9. The Labute approximate surface area is 112 Å². The van der Waals surface area contributed by atoms with E-state index in [1.54, 1.807) is 0 Å². The summed E-state index contributed by atoms with van der Waals surface area (Å²) in [5.74, 6) is 1.65. The van der Waals surface area contributed by atoms with Crippen LogP contribution in [0.1, 0.15) is 64.2 Å². The molecule has 3 rings (SSSR count). The van der Waals surface area contributed by atoms with E-state index in [9.17, 15) is 0 Å². The topological polar surface area (TPSA) is 29.3 Å². The minimum absolute atomic E-state index is 0.500. The summed E-state index contributed by atoms with van der Waals surface area (Å²) in [6.07, 6.45) is 14.2. The molecule has 0 aromatic heterocycles. The largest absolute Gasteiger partial charge is 0.327 e. The summed E-state index contributed by atoms with van der Waals surface area (Å²) in [5, 5.41) is 0. The van der Waals surface area contributed by atoms with Gasteiger partial charge in [-0.25, -0.2) is 0 Å². The molecule has 3 aliphatic rings. The molecule has 18 heavy (non-hydrogen) atoms. The van der Waals surface area contributed by atoms with Crippen molar-refractivity contribution in [3.63, 3.8) is 0 Å². The van der Waals surface area contributed by atoms with Crippen molar-refractivity contribution in [1.82, 2.24) is 4.90 Å². The van der Waals surface area contributed by atoms with E-state index in [0.717, 1.165) is 23.9 Å². The third-order valence-corrected chi connectivity index (χ3v) is 6.12. The third-order valence-electron chi connectivity index (χ3n) is 6.12. The van der Waals surface area contributed by atoms with Crippen LogP contribution >= 0.6 is 0 Å². The third kappa shape index (κ3) is 2.46. The molecule has 0 radical (unpaired) electrons. The minimum Gasteiger partial charge on any atom is -0.327 e. The van der Waals surface area contributed by atoms with Crippen LogP contribution in [0.15, 0.2) is 0 Å². The van der Waals surface area contributed by atoms with Gasteiger partial charge in [0.05, 0.1) is 0 Å². The molecule has 2 N–H and O–H groups in total. The Morgan fingerprint density at radius 1 is 0.833 bits per heavy atom. The Morgan fingerprint density at radius 2 is 1.39 bits per heavy atom. The van der Waals surface area contributed by atoms with Crippen LogP contribution in [0.3, 0.4) is 0 Å². The molecule has 0 spiro atoms. The van der Waals surface area contributed by atoms with E-state index < -0.39 is 0 Å². The molecule has 2 saturated heterocycles. The quantitative estimate of drug-likeness (QED) is 0.763. The fourth-order valence-corrected chi connectivity index (χ4v) is 4.85. The van der Waals surface area contributed by atoms with Crippen molar-refractivity contribution >= 4 is 0 Å². The lowest BCUT2D eigenvalue weighted by Crippen LogP contribution is -2.47. The smallest absolute Gasteiger partial charge is 0.00989 e. The van der Waals surface area contributed by atoms with E-state index in [4.69, 9.17) is 5.73 Å². The molecular formula is C16H30N2. The van der Waals surface area contributed by atoms with Crippen molar-refractivity contribution in [3.05, 3.63) is 0 Å². The van der Waals surface area contributed by atoms with Gasteiger partial charge in [0.1, 0.15) is 0 Å². The van der Waals surface area contributed by atoms with E-state index in [1.165, 1.54) is 64.2 Å². The van der Waals surface area contributed by atoms with Crippen molar-refractivity contribution in [2.45, 2.75) is 82.3 Å². The van der Waals surface area contributed by atoms with Crippen molar-refractivity contribution in [1.29, 1.82) is 0 Å². The molecule has 2 nitrogen and oxygen atoms in total. The zero-order chi connectivity index (χ0) is 12.5. The summed E-state index contributed by atoms with van der Waals surface area (Å²) in [6, 6.07) is 2.20. The minimum atomic E-state index is 0.500. The fraction of sp³-hybridized carbons (Fsp3) is 1.00. The van der Waals surface area contributed by atoms with E-state index in [2.05, 4.69) is 11.9 Å². The first-order valence-electron chi connectivity index (χ1n) is 8.23. The summed E-state index contributed by atoms with van der Waals surface area (Å²) in [4.78, 5) is 2.64. The molecule has 0 amide bonds. The van der Waals surface area contributed by atoms with Crippen LogP contribution in [0.5, 0.6) is 0 Å². The lowest BCUT2D eigenvalue weighted by Gasteiger charge is -2.41. The summed E-state index contributed by atoms with van der Waals surface area (Å²) >= 11 is 0. The Bertz CT molecular complexity index is 256. The average molecular weight is 250 g/mol. The second-order valence-electron chi connectivity index (χ2n) is 7.11. The van der Waals surface area contributed by atoms with Crippen molar-refractivity contribution in [3.8, 4) is 0 Å². The lowest BCUT2D eigenvalue weighted by molar-refractivity contribution is 0.104. The first-order valence-corrected chi connectivity index (χ1v) is 8.23. The number of nitrogens with zero attached hydrogens (tertiary/aromatic N) is 1. The Balaban J connectivity index is 1.60. The zero-order valence-electron chi connectivity index (χ0n) is 12.0. The second-order valence-corrected chi connectivity index (χ2v) is 7.11. The van der Waals surface area contributed by atoms with Gasteiger partial charge in [-0.2, -0.15) is 0 Å². The Hall–Kier alpha value is -0.0800. The monoisotopic (exact) mass is 250 g/mol. The van der Waals surface area contributed by atoms with E-state index in [-0.39, 0.29) is 0 Å². The van der Waals surface area contributed by atoms with Crippen LogP contribution in [-0.4, -0.2) is 30.1 Å². The number of hydrogen-bond acceptors (Lipinski definition) is 2. The van der Waals surface area contributed by atoms with Crippen LogP contribution in [0.25, 0.3) is 0 Å². The highest BCUT2D eigenvalue weighted by atomic mass is 15.2. The SMILES string of the molecule is CN1C2CCC1CC(C(N)C1CCCCCC1)C2. The van der Waals surface area contributed by atoms with Crippen molar-refractivity contribution in [2.24, 2.45) is 17.6 Å². The van der Waals surface area contributed by atoms with E-state index >= 15 is 0 Å². The summed E-state index contributed by atoms with van der Waals surface area (Å²) < 4.78 is 0. The predicted octanol–water partition coefficient (Wildman–Crippen LogP) is 3.16. The van der Waals surface area contributed by atoms with Crippen LogP contribution in [0, 0.1) is 11.8 Å². The number of rotatable bonds is 2. The van der Waals surface area contributed by atoms with Gasteiger partial charge in [-0.3, -0.25) is 0 Å². The number of piperidine rings is 1. The highest BCUT2D eigenvalue weighted by molar-refractivity contribution is 4.97.